The predicted molar refractivity (Wildman–Crippen MR) is 113 cm³/mol. The topological polar surface area (TPSA) is 67.9 Å². The molecule has 0 atom stereocenters. The average molecular weight is 404 g/mol. The van der Waals surface area contributed by atoms with Gasteiger partial charge in [-0.05, 0) is 37.7 Å². The zero-order valence-electron chi connectivity index (χ0n) is 16.0. The third kappa shape index (κ3) is 2.92. The summed E-state index contributed by atoms with van der Waals surface area (Å²) in [6.07, 6.45) is 7.33. The van der Waals surface area contributed by atoms with Crippen LogP contribution in [0.5, 0.6) is 0 Å². The fourth-order valence-corrected chi connectivity index (χ4v) is 5.82. The largest absolute Gasteiger partial charge is 0.356 e. The van der Waals surface area contributed by atoms with Gasteiger partial charge in [0.25, 0.3) is 0 Å². The lowest BCUT2D eigenvalue weighted by atomic mass is 9.96. The fourth-order valence-electron chi connectivity index (χ4n) is 4.60. The Labute approximate surface area is 172 Å². The predicted octanol–water partition coefficient (Wildman–Crippen LogP) is 4.61. The standard InChI is InChI=1S/C22H21N5OS/c1-2-5-14(6-3-1)19-25-21(28-26-19)15-9-11-27(12-10-15)20-18-16-7-4-8-17(16)29-22(18)24-13-23-20/h1-3,5-6,13,15H,4,7-12H2. The lowest BCUT2D eigenvalue weighted by Crippen LogP contribution is -2.33. The number of piperidine rings is 1. The molecule has 0 saturated carbocycles. The quantitative estimate of drug-likeness (QED) is 0.497. The molecule has 2 aliphatic rings. The number of nitrogens with zero attached hydrogens (tertiary/aromatic N) is 5. The molecular weight excluding hydrogens is 382 g/mol. The highest BCUT2D eigenvalue weighted by Gasteiger charge is 2.29. The number of anilines is 1. The second-order valence-electron chi connectivity index (χ2n) is 7.82. The van der Waals surface area contributed by atoms with Gasteiger partial charge in [-0.25, -0.2) is 9.97 Å². The molecule has 6 nitrogen and oxygen atoms in total. The molecule has 0 bridgehead atoms. The van der Waals surface area contributed by atoms with Gasteiger partial charge in [0.2, 0.25) is 11.7 Å². The lowest BCUT2D eigenvalue weighted by Gasteiger charge is -2.31. The number of aromatic nitrogens is 4. The van der Waals surface area contributed by atoms with E-state index < -0.39 is 0 Å². The molecule has 6 rings (SSSR count). The summed E-state index contributed by atoms with van der Waals surface area (Å²) in [5.41, 5.74) is 2.49. The van der Waals surface area contributed by atoms with Gasteiger partial charge in [-0.2, -0.15) is 4.98 Å². The van der Waals surface area contributed by atoms with Crippen LogP contribution < -0.4 is 4.90 Å². The van der Waals surface area contributed by atoms with E-state index in [1.807, 2.05) is 41.7 Å². The highest BCUT2D eigenvalue weighted by Crippen LogP contribution is 2.41. The van der Waals surface area contributed by atoms with Gasteiger partial charge in [-0.15, -0.1) is 11.3 Å². The summed E-state index contributed by atoms with van der Waals surface area (Å²) >= 11 is 1.85. The van der Waals surface area contributed by atoms with Crippen LogP contribution in [0.1, 0.15) is 41.5 Å². The summed E-state index contributed by atoms with van der Waals surface area (Å²) in [7, 11) is 0. The Bertz CT molecular complexity index is 1160. The second kappa shape index (κ2) is 6.91. The molecule has 4 aromatic rings. The van der Waals surface area contributed by atoms with Crippen molar-refractivity contribution in [3.05, 3.63) is 53.0 Å². The summed E-state index contributed by atoms with van der Waals surface area (Å²) in [6, 6.07) is 10.0. The van der Waals surface area contributed by atoms with Crippen LogP contribution in [-0.2, 0) is 12.8 Å². The van der Waals surface area contributed by atoms with Crippen LogP contribution in [0.2, 0.25) is 0 Å². The molecule has 1 aliphatic carbocycles. The van der Waals surface area contributed by atoms with E-state index >= 15 is 0 Å². The molecule has 0 radical (unpaired) electrons. The Morgan fingerprint density at radius 1 is 1.03 bits per heavy atom. The van der Waals surface area contributed by atoms with E-state index in [1.54, 1.807) is 6.33 Å². The van der Waals surface area contributed by atoms with Gasteiger partial charge in [0.1, 0.15) is 17.0 Å². The Morgan fingerprint density at radius 3 is 2.76 bits per heavy atom. The van der Waals surface area contributed by atoms with Crippen molar-refractivity contribution in [1.82, 2.24) is 20.1 Å². The number of hydrogen-bond acceptors (Lipinski definition) is 7. The Kier molecular flexibility index (Phi) is 4.08. The summed E-state index contributed by atoms with van der Waals surface area (Å²) in [5.74, 6) is 2.85. The van der Waals surface area contributed by atoms with E-state index in [-0.39, 0.29) is 0 Å². The van der Waals surface area contributed by atoms with Crippen molar-refractivity contribution in [3.63, 3.8) is 0 Å². The van der Waals surface area contributed by atoms with E-state index in [0.29, 0.717) is 11.7 Å². The van der Waals surface area contributed by atoms with Crippen molar-refractivity contribution in [2.75, 3.05) is 18.0 Å². The van der Waals surface area contributed by atoms with E-state index in [2.05, 4.69) is 20.0 Å². The molecule has 7 heteroatoms. The number of thiophene rings is 1. The third-order valence-corrected chi connectivity index (χ3v) is 7.30. The molecular formula is C22H21N5OS. The van der Waals surface area contributed by atoms with Crippen molar-refractivity contribution in [3.8, 4) is 11.4 Å². The Balaban J connectivity index is 1.22. The van der Waals surface area contributed by atoms with Gasteiger partial charge in [-0.3, -0.25) is 0 Å². The minimum absolute atomic E-state index is 0.307. The first-order valence-corrected chi connectivity index (χ1v) is 11.1. The molecule has 4 heterocycles. The lowest BCUT2D eigenvalue weighted by molar-refractivity contribution is 0.329. The molecule has 0 unspecified atom stereocenters. The minimum atomic E-state index is 0.307. The van der Waals surface area contributed by atoms with E-state index in [1.165, 1.54) is 28.7 Å². The third-order valence-electron chi connectivity index (χ3n) is 6.10. The van der Waals surface area contributed by atoms with Crippen LogP contribution in [0.3, 0.4) is 0 Å². The van der Waals surface area contributed by atoms with Crippen LogP contribution in [0.4, 0.5) is 5.82 Å². The molecule has 1 aliphatic heterocycles. The minimum Gasteiger partial charge on any atom is -0.356 e. The van der Waals surface area contributed by atoms with Crippen molar-refractivity contribution in [2.45, 2.75) is 38.0 Å². The summed E-state index contributed by atoms with van der Waals surface area (Å²) in [4.78, 5) is 19.0. The molecule has 0 amide bonds. The second-order valence-corrected chi connectivity index (χ2v) is 8.90. The van der Waals surface area contributed by atoms with Crippen LogP contribution in [0.15, 0.2) is 41.2 Å². The van der Waals surface area contributed by atoms with Crippen LogP contribution in [0.25, 0.3) is 21.6 Å². The van der Waals surface area contributed by atoms with Gasteiger partial charge in [0, 0.05) is 29.4 Å². The Morgan fingerprint density at radius 2 is 1.90 bits per heavy atom. The zero-order valence-corrected chi connectivity index (χ0v) is 16.9. The van der Waals surface area contributed by atoms with Gasteiger partial charge >= 0.3 is 0 Å². The summed E-state index contributed by atoms with van der Waals surface area (Å²) in [6.45, 7) is 1.90. The first kappa shape index (κ1) is 17.1. The highest BCUT2D eigenvalue weighted by molar-refractivity contribution is 7.19. The van der Waals surface area contributed by atoms with Crippen LogP contribution >= 0.6 is 11.3 Å². The molecule has 0 N–H and O–H groups in total. The SMILES string of the molecule is c1ccc(-c2noc(C3CCN(c4ncnc5sc6c(c45)CCC6)CC3)n2)cc1. The van der Waals surface area contributed by atoms with E-state index in [0.717, 1.165) is 54.5 Å². The zero-order chi connectivity index (χ0) is 19.2. The molecule has 29 heavy (non-hydrogen) atoms. The van der Waals surface area contributed by atoms with Gasteiger partial charge < -0.3 is 9.42 Å². The maximum atomic E-state index is 5.61. The number of fused-ring (bicyclic) bond motifs is 3. The van der Waals surface area contributed by atoms with Crippen molar-refractivity contribution in [2.24, 2.45) is 0 Å². The molecule has 1 saturated heterocycles. The van der Waals surface area contributed by atoms with Gasteiger partial charge in [0.15, 0.2) is 0 Å². The molecule has 0 spiro atoms. The first-order valence-electron chi connectivity index (χ1n) is 10.3. The monoisotopic (exact) mass is 403 g/mol. The number of rotatable bonds is 3. The van der Waals surface area contributed by atoms with Crippen molar-refractivity contribution >= 4 is 27.4 Å². The van der Waals surface area contributed by atoms with E-state index in [4.69, 9.17) is 9.51 Å². The number of benzene rings is 1. The number of hydrogen-bond donors (Lipinski definition) is 0. The molecule has 1 aromatic carbocycles. The average Bonchev–Trinajstić information content (AvgIpc) is 3.50. The molecule has 146 valence electrons. The van der Waals surface area contributed by atoms with E-state index in [9.17, 15) is 0 Å². The number of aryl methyl sites for hydroxylation is 2. The van der Waals surface area contributed by atoms with Crippen molar-refractivity contribution in [1.29, 1.82) is 0 Å². The molecule has 1 fully saturated rings. The van der Waals surface area contributed by atoms with Crippen LogP contribution in [-0.4, -0.2) is 33.2 Å². The molecule has 3 aromatic heterocycles. The van der Waals surface area contributed by atoms with Gasteiger partial charge in [-0.1, -0.05) is 35.5 Å². The van der Waals surface area contributed by atoms with Crippen molar-refractivity contribution < 1.29 is 4.52 Å². The normalized spacial score (nSPS) is 17.2. The summed E-state index contributed by atoms with van der Waals surface area (Å²) < 4.78 is 5.61. The fraction of sp³-hybridized carbons (Fsp3) is 0.364. The Hall–Kier alpha value is -2.80. The van der Waals surface area contributed by atoms with Gasteiger partial charge in [0.05, 0.1) is 5.39 Å². The summed E-state index contributed by atoms with van der Waals surface area (Å²) in [5, 5.41) is 5.49. The van der Waals surface area contributed by atoms with Crippen LogP contribution in [0, 0.1) is 0 Å². The maximum Gasteiger partial charge on any atom is 0.230 e. The smallest absolute Gasteiger partial charge is 0.230 e. The maximum absolute atomic E-state index is 5.61. The first-order chi connectivity index (χ1) is 14.4. The highest BCUT2D eigenvalue weighted by atomic mass is 32.1.